The average molecular weight is 1040 g/mol. The van der Waals surface area contributed by atoms with Crippen molar-refractivity contribution < 1.29 is 28.6 Å². The molecule has 0 spiro atoms. The SMILES string of the molecule is CC/C=C\C/C=C\C/C=C\C/C=C\C/C=C\CC(=O)OC(COC(=O)CCCCCCC/C=C\CCCC)COC(=O)CCCCCCCCCCCCCCCCCC/C=C\C/C=C\C/C=C\CCCCCCC. The maximum Gasteiger partial charge on any atom is 0.310 e. The molecule has 1 atom stereocenters. The van der Waals surface area contributed by atoms with Gasteiger partial charge in [-0.2, -0.15) is 0 Å². The van der Waals surface area contributed by atoms with Crippen LogP contribution in [0.1, 0.15) is 290 Å². The van der Waals surface area contributed by atoms with Crippen molar-refractivity contribution in [1.82, 2.24) is 0 Å². The molecule has 0 bridgehead atoms. The van der Waals surface area contributed by atoms with E-state index >= 15 is 0 Å². The summed E-state index contributed by atoms with van der Waals surface area (Å²) in [4.78, 5) is 38.1. The Morgan fingerprint density at radius 3 is 0.933 bits per heavy atom. The highest BCUT2D eigenvalue weighted by atomic mass is 16.6. The molecule has 0 radical (unpaired) electrons. The highest BCUT2D eigenvalue weighted by molar-refractivity contribution is 5.72. The van der Waals surface area contributed by atoms with Crippen LogP contribution >= 0.6 is 0 Å². The normalized spacial score (nSPS) is 12.8. The van der Waals surface area contributed by atoms with Crippen LogP contribution in [0.15, 0.2) is 109 Å². The Balaban J connectivity index is 4.22. The molecule has 75 heavy (non-hydrogen) atoms. The predicted molar refractivity (Wildman–Crippen MR) is 325 cm³/mol. The van der Waals surface area contributed by atoms with Crippen molar-refractivity contribution in [1.29, 1.82) is 0 Å². The van der Waals surface area contributed by atoms with Crippen molar-refractivity contribution in [3.05, 3.63) is 109 Å². The van der Waals surface area contributed by atoms with Crippen molar-refractivity contribution >= 4 is 17.9 Å². The molecule has 0 aliphatic rings. The molecule has 1 unspecified atom stereocenters. The summed E-state index contributed by atoms with van der Waals surface area (Å²) in [7, 11) is 0. The summed E-state index contributed by atoms with van der Waals surface area (Å²) < 4.78 is 16.7. The fraction of sp³-hybridized carbons (Fsp3) is 0.696. The highest BCUT2D eigenvalue weighted by Crippen LogP contribution is 2.16. The molecule has 0 aromatic rings. The number of allylic oxidation sites excluding steroid dienone is 17. The van der Waals surface area contributed by atoms with Crippen molar-refractivity contribution in [2.45, 2.75) is 297 Å². The molecule has 0 aromatic carbocycles. The average Bonchev–Trinajstić information content (AvgIpc) is 3.41. The lowest BCUT2D eigenvalue weighted by Gasteiger charge is -2.18. The van der Waals surface area contributed by atoms with Gasteiger partial charge in [0, 0.05) is 12.8 Å². The number of carbonyl (C=O) groups is 3. The van der Waals surface area contributed by atoms with E-state index in [-0.39, 0.29) is 31.6 Å². The smallest absolute Gasteiger partial charge is 0.310 e. The van der Waals surface area contributed by atoms with Gasteiger partial charge in [-0.15, -0.1) is 0 Å². The fourth-order valence-corrected chi connectivity index (χ4v) is 8.57. The van der Waals surface area contributed by atoms with Gasteiger partial charge >= 0.3 is 17.9 Å². The summed E-state index contributed by atoms with van der Waals surface area (Å²) in [6, 6.07) is 0. The Kier molecular flexibility index (Phi) is 59.3. The summed E-state index contributed by atoms with van der Waals surface area (Å²) >= 11 is 0. The molecule has 0 heterocycles. The molecule has 0 aromatic heterocycles. The number of ether oxygens (including phenoxy) is 3. The van der Waals surface area contributed by atoms with Gasteiger partial charge in [0.1, 0.15) is 13.2 Å². The van der Waals surface area contributed by atoms with Crippen LogP contribution in [0.4, 0.5) is 0 Å². The molecular formula is C69H116O6. The van der Waals surface area contributed by atoms with Crippen LogP contribution < -0.4 is 0 Å². The molecule has 0 N–H and O–H groups in total. The van der Waals surface area contributed by atoms with Gasteiger partial charge in [-0.3, -0.25) is 14.4 Å². The summed E-state index contributed by atoms with van der Waals surface area (Å²) in [6.45, 7) is 6.39. The van der Waals surface area contributed by atoms with Gasteiger partial charge in [-0.25, -0.2) is 0 Å². The molecule has 0 aliphatic carbocycles. The lowest BCUT2D eigenvalue weighted by atomic mass is 10.0. The van der Waals surface area contributed by atoms with E-state index in [1.165, 1.54) is 154 Å². The first-order chi connectivity index (χ1) is 37.0. The summed E-state index contributed by atoms with van der Waals surface area (Å²) in [5.41, 5.74) is 0. The number of hydrogen-bond donors (Lipinski definition) is 0. The van der Waals surface area contributed by atoms with Crippen LogP contribution in [0.2, 0.25) is 0 Å². The van der Waals surface area contributed by atoms with Crippen LogP contribution in [-0.2, 0) is 28.6 Å². The number of esters is 3. The molecule has 0 saturated carbocycles. The summed E-state index contributed by atoms with van der Waals surface area (Å²) in [5, 5.41) is 0. The molecule has 6 nitrogen and oxygen atoms in total. The third-order valence-electron chi connectivity index (χ3n) is 13.3. The van der Waals surface area contributed by atoms with Gasteiger partial charge in [-0.05, 0) is 103 Å². The van der Waals surface area contributed by atoms with Crippen molar-refractivity contribution in [3.8, 4) is 0 Å². The van der Waals surface area contributed by atoms with Crippen LogP contribution in [0.5, 0.6) is 0 Å². The minimum Gasteiger partial charge on any atom is -0.462 e. The second kappa shape index (κ2) is 62.6. The molecule has 6 heteroatoms. The first-order valence-corrected chi connectivity index (χ1v) is 31.4. The van der Waals surface area contributed by atoms with Crippen LogP contribution in [0.25, 0.3) is 0 Å². The zero-order chi connectivity index (χ0) is 54.3. The molecule has 0 aliphatic heterocycles. The predicted octanol–water partition coefficient (Wildman–Crippen LogP) is 21.4. The van der Waals surface area contributed by atoms with Crippen LogP contribution in [0, 0.1) is 0 Å². The molecule has 0 saturated heterocycles. The van der Waals surface area contributed by atoms with E-state index < -0.39 is 12.1 Å². The van der Waals surface area contributed by atoms with Gasteiger partial charge in [0.2, 0.25) is 0 Å². The van der Waals surface area contributed by atoms with E-state index in [4.69, 9.17) is 14.2 Å². The van der Waals surface area contributed by atoms with Gasteiger partial charge in [0.15, 0.2) is 6.10 Å². The van der Waals surface area contributed by atoms with Crippen molar-refractivity contribution in [2.75, 3.05) is 13.2 Å². The third-order valence-corrected chi connectivity index (χ3v) is 13.3. The first kappa shape index (κ1) is 71.1. The zero-order valence-corrected chi connectivity index (χ0v) is 49.0. The van der Waals surface area contributed by atoms with E-state index in [1.54, 1.807) is 6.08 Å². The van der Waals surface area contributed by atoms with Gasteiger partial charge < -0.3 is 14.2 Å². The van der Waals surface area contributed by atoms with E-state index in [2.05, 4.69) is 118 Å². The molecular weight excluding hydrogens is 925 g/mol. The highest BCUT2D eigenvalue weighted by Gasteiger charge is 2.19. The molecule has 0 fully saturated rings. The minimum atomic E-state index is -0.836. The molecule has 428 valence electrons. The Hall–Kier alpha value is -3.93. The lowest BCUT2D eigenvalue weighted by molar-refractivity contribution is -0.166. The Labute approximate surface area is 463 Å². The second-order valence-electron chi connectivity index (χ2n) is 20.6. The van der Waals surface area contributed by atoms with Gasteiger partial charge in [0.25, 0.3) is 0 Å². The number of hydrogen-bond acceptors (Lipinski definition) is 6. The number of rotatable bonds is 56. The summed E-state index contributed by atoms with van der Waals surface area (Å²) in [6.07, 6.45) is 85.7. The van der Waals surface area contributed by atoms with Gasteiger partial charge in [-0.1, -0.05) is 278 Å². The Bertz CT molecular complexity index is 1520. The Morgan fingerprint density at radius 1 is 0.293 bits per heavy atom. The van der Waals surface area contributed by atoms with Crippen molar-refractivity contribution in [2.24, 2.45) is 0 Å². The summed E-state index contributed by atoms with van der Waals surface area (Å²) in [5.74, 6) is -1.06. The Morgan fingerprint density at radius 2 is 0.573 bits per heavy atom. The van der Waals surface area contributed by atoms with Crippen LogP contribution in [0.3, 0.4) is 0 Å². The van der Waals surface area contributed by atoms with Gasteiger partial charge in [0.05, 0.1) is 6.42 Å². The van der Waals surface area contributed by atoms with Crippen LogP contribution in [-0.4, -0.2) is 37.2 Å². The minimum absolute atomic E-state index is 0.0938. The maximum atomic E-state index is 12.8. The van der Waals surface area contributed by atoms with E-state index in [1.807, 2.05) is 6.08 Å². The topological polar surface area (TPSA) is 78.9 Å². The lowest BCUT2D eigenvalue weighted by Crippen LogP contribution is -2.30. The standard InChI is InChI=1S/C69H116O6/c1-4-7-10-13-16-19-22-24-26-27-28-29-30-31-32-33-34-35-36-37-38-39-40-41-43-44-47-50-53-56-59-62-68(71)74-65-66(64-73-67(70)61-58-55-52-49-46-21-18-15-12-9-6-3)75-69(72)63-60-57-54-51-48-45-42-25-23-20-17-14-11-8-5-2/h8,11,15,17-18,20,22,24-25,27-28,30-31,42,48,51,57,60,66H,4-7,9-10,12-14,16,19,21,23,26,29,32-41,43-47,49-50,52-56,58-59,61-65H2,1-3H3/b11-8-,18-15-,20-17-,24-22-,28-27-,31-30-,42-25-,51-48-,60-57-. The molecule has 0 rings (SSSR count). The zero-order valence-electron chi connectivity index (χ0n) is 49.0. The maximum absolute atomic E-state index is 12.8. The first-order valence-electron chi connectivity index (χ1n) is 31.4. The van der Waals surface area contributed by atoms with E-state index in [0.717, 1.165) is 96.3 Å². The largest absolute Gasteiger partial charge is 0.462 e. The molecule has 0 amide bonds. The number of unbranched alkanes of at least 4 members (excludes halogenated alkanes) is 28. The van der Waals surface area contributed by atoms with Crippen molar-refractivity contribution in [3.63, 3.8) is 0 Å². The van der Waals surface area contributed by atoms with E-state index in [0.29, 0.717) is 12.8 Å². The quantitative estimate of drug-likeness (QED) is 0.0261. The fourth-order valence-electron chi connectivity index (χ4n) is 8.57. The second-order valence-corrected chi connectivity index (χ2v) is 20.6. The number of carbonyl (C=O) groups excluding carboxylic acids is 3. The third kappa shape index (κ3) is 60.8. The monoisotopic (exact) mass is 1040 g/mol. The van der Waals surface area contributed by atoms with E-state index in [9.17, 15) is 14.4 Å².